The summed E-state index contributed by atoms with van der Waals surface area (Å²) >= 11 is 0. The van der Waals surface area contributed by atoms with Gasteiger partial charge in [0.15, 0.2) is 0 Å². The van der Waals surface area contributed by atoms with E-state index in [0.717, 1.165) is 12.8 Å². The molecular weight excluding hydrogens is 298 g/mol. The van der Waals surface area contributed by atoms with E-state index < -0.39 is 5.97 Å². The van der Waals surface area contributed by atoms with Gasteiger partial charge in [0.2, 0.25) is 0 Å². The van der Waals surface area contributed by atoms with E-state index in [0.29, 0.717) is 31.5 Å². The molecule has 1 aliphatic heterocycles. The van der Waals surface area contributed by atoms with E-state index in [4.69, 9.17) is 14.7 Å². The van der Waals surface area contributed by atoms with Crippen molar-refractivity contribution < 1.29 is 24.3 Å². The minimum atomic E-state index is -0.729. The molecule has 6 heteroatoms. The van der Waals surface area contributed by atoms with Crippen molar-refractivity contribution in [2.24, 2.45) is 5.92 Å². The Bertz CT molecular complexity index is 547. The predicted octanol–water partition coefficient (Wildman–Crippen LogP) is 2.10. The molecule has 0 radical (unpaired) electrons. The van der Waals surface area contributed by atoms with Crippen LogP contribution in [0.5, 0.6) is 0 Å². The average Bonchev–Trinajstić information content (AvgIpc) is 2.52. The van der Waals surface area contributed by atoms with E-state index in [1.807, 2.05) is 6.07 Å². The van der Waals surface area contributed by atoms with Crippen LogP contribution in [0.3, 0.4) is 0 Å². The van der Waals surface area contributed by atoms with Crippen LogP contribution >= 0.6 is 0 Å². The number of carbonyl (C=O) groups is 2. The van der Waals surface area contributed by atoms with E-state index in [2.05, 4.69) is 0 Å². The molecule has 0 atom stereocenters. The van der Waals surface area contributed by atoms with Gasteiger partial charge in [0, 0.05) is 13.1 Å². The molecule has 0 bridgehead atoms. The van der Waals surface area contributed by atoms with Crippen LogP contribution < -0.4 is 0 Å². The summed E-state index contributed by atoms with van der Waals surface area (Å²) in [5.74, 6) is -1.31. The highest BCUT2D eigenvalue weighted by Gasteiger charge is 2.37. The first-order valence-corrected chi connectivity index (χ1v) is 8.02. The van der Waals surface area contributed by atoms with E-state index in [9.17, 15) is 9.59 Å². The van der Waals surface area contributed by atoms with E-state index >= 15 is 0 Å². The van der Waals surface area contributed by atoms with Crippen LogP contribution in [0.2, 0.25) is 0 Å². The number of hydrogen-bond donors (Lipinski definition) is 1. The van der Waals surface area contributed by atoms with Crippen LogP contribution in [0.1, 0.15) is 36.0 Å². The summed E-state index contributed by atoms with van der Waals surface area (Å²) in [5, 5.41) is 10.5. The molecule has 3 rings (SSSR count). The van der Waals surface area contributed by atoms with Crippen LogP contribution in [0, 0.1) is 5.92 Å². The maximum atomic E-state index is 12.0. The molecule has 6 nitrogen and oxygen atoms in total. The van der Waals surface area contributed by atoms with Crippen molar-refractivity contribution in [3.05, 3.63) is 35.9 Å². The van der Waals surface area contributed by atoms with Crippen molar-refractivity contribution in [1.29, 1.82) is 0 Å². The fourth-order valence-electron chi connectivity index (χ4n) is 2.95. The number of hydrogen-bond acceptors (Lipinski definition) is 5. The minimum Gasteiger partial charge on any atom is -0.481 e. The Hall–Kier alpha value is -1.92. The zero-order valence-corrected chi connectivity index (χ0v) is 12.9. The van der Waals surface area contributed by atoms with Gasteiger partial charge in [0.25, 0.3) is 0 Å². The third kappa shape index (κ3) is 4.09. The Labute approximate surface area is 134 Å². The number of hydroxylamine groups is 2. The summed E-state index contributed by atoms with van der Waals surface area (Å²) in [5.41, 5.74) is 0.542. The molecule has 1 aromatic carbocycles. The van der Waals surface area contributed by atoms with Gasteiger partial charge < -0.3 is 14.7 Å². The van der Waals surface area contributed by atoms with Crippen LogP contribution in [-0.4, -0.2) is 47.4 Å². The third-order valence-electron chi connectivity index (χ3n) is 4.45. The molecule has 0 aromatic heterocycles. The molecule has 2 aliphatic rings. The van der Waals surface area contributed by atoms with Crippen LogP contribution in [0.25, 0.3) is 0 Å². The molecule has 0 unspecified atom stereocenters. The Morgan fingerprint density at radius 2 is 1.70 bits per heavy atom. The van der Waals surface area contributed by atoms with Crippen molar-refractivity contribution >= 4 is 11.9 Å². The van der Waals surface area contributed by atoms with Gasteiger partial charge in [-0.3, -0.25) is 4.79 Å². The van der Waals surface area contributed by atoms with Crippen LogP contribution in [-0.2, 0) is 14.4 Å². The first-order valence-electron chi connectivity index (χ1n) is 8.02. The van der Waals surface area contributed by atoms with Crippen molar-refractivity contribution in [1.82, 2.24) is 5.06 Å². The lowest BCUT2D eigenvalue weighted by Crippen LogP contribution is -2.43. The molecule has 2 fully saturated rings. The number of carboxylic acids is 1. The Balaban J connectivity index is 1.37. The third-order valence-corrected chi connectivity index (χ3v) is 4.45. The molecular formula is C17H21NO5. The summed E-state index contributed by atoms with van der Waals surface area (Å²) in [6, 6.07) is 8.93. The lowest BCUT2D eigenvalue weighted by Gasteiger charge is -2.38. The second-order valence-corrected chi connectivity index (χ2v) is 6.14. The number of rotatable bonds is 5. The van der Waals surface area contributed by atoms with E-state index in [1.54, 1.807) is 29.3 Å². The zero-order chi connectivity index (χ0) is 16.2. The number of carboxylic acid groups (broad SMARTS) is 1. The van der Waals surface area contributed by atoms with Crippen LogP contribution in [0.4, 0.5) is 0 Å². The number of nitrogens with zero attached hydrogens (tertiary/aromatic N) is 1. The van der Waals surface area contributed by atoms with Gasteiger partial charge in [-0.1, -0.05) is 18.2 Å². The Morgan fingerprint density at radius 1 is 1.04 bits per heavy atom. The lowest BCUT2D eigenvalue weighted by molar-refractivity contribution is -0.167. The minimum absolute atomic E-state index is 0.0690. The molecule has 1 heterocycles. The first kappa shape index (κ1) is 16.0. The molecule has 1 saturated heterocycles. The van der Waals surface area contributed by atoms with Crippen molar-refractivity contribution in [3.8, 4) is 0 Å². The summed E-state index contributed by atoms with van der Waals surface area (Å²) < 4.78 is 5.92. The molecule has 1 N–H and O–H groups in total. The van der Waals surface area contributed by atoms with E-state index in [1.165, 1.54) is 0 Å². The van der Waals surface area contributed by atoms with Gasteiger partial charge in [-0.25, -0.2) is 4.79 Å². The largest absolute Gasteiger partial charge is 0.481 e. The summed E-state index contributed by atoms with van der Waals surface area (Å²) in [6.07, 6.45) is 2.99. The Kier molecular flexibility index (Phi) is 4.93. The molecule has 1 saturated carbocycles. The molecule has 1 aromatic rings. The fourth-order valence-corrected chi connectivity index (χ4v) is 2.95. The number of benzene rings is 1. The van der Waals surface area contributed by atoms with Crippen molar-refractivity contribution in [2.75, 3.05) is 13.1 Å². The summed E-state index contributed by atoms with van der Waals surface area (Å²) in [6.45, 7) is 1.27. The molecule has 1 aliphatic carbocycles. The monoisotopic (exact) mass is 319 g/mol. The predicted molar refractivity (Wildman–Crippen MR) is 81.7 cm³/mol. The average molecular weight is 319 g/mol. The molecule has 0 amide bonds. The molecule has 0 spiro atoms. The standard InChI is InChI=1S/C17H21NO5/c19-16(20)13-10-15(11-13)22-14-6-8-18(9-7-14)23-17(21)12-4-2-1-3-5-12/h1-5,13-15H,6-11H2,(H,19,20)/t13-,15-. The van der Waals surface area contributed by atoms with Gasteiger partial charge in [-0.05, 0) is 37.8 Å². The van der Waals surface area contributed by atoms with Gasteiger partial charge >= 0.3 is 11.9 Å². The molecule has 23 heavy (non-hydrogen) atoms. The maximum absolute atomic E-state index is 12.0. The summed E-state index contributed by atoms with van der Waals surface area (Å²) in [7, 11) is 0. The van der Waals surface area contributed by atoms with Gasteiger partial charge in [0.05, 0.1) is 23.7 Å². The van der Waals surface area contributed by atoms with Crippen molar-refractivity contribution in [2.45, 2.75) is 37.9 Å². The smallest absolute Gasteiger partial charge is 0.357 e. The van der Waals surface area contributed by atoms with Gasteiger partial charge in [0.1, 0.15) is 0 Å². The van der Waals surface area contributed by atoms with Crippen molar-refractivity contribution in [3.63, 3.8) is 0 Å². The second-order valence-electron chi connectivity index (χ2n) is 6.14. The number of aliphatic carboxylic acids is 1. The zero-order valence-electron chi connectivity index (χ0n) is 12.9. The Morgan fingerprint density at radius 3 is 2.30 bits per heavy atom. The SMILES string of the molecule is O=C(ON1CCC(O[C@H]2C[C@H](C(=O)O)C2)CC1)c1ccccc1. The highest BCUT2D eigenvalue weighted by Crippen LogP contribution is 2.32. The van der Waals surface area contributed by atoms with Crippen LogP contribution in [0.15, 0.2) is 30.3 Å². The second kappa shape index (κ2) is 7.10. The van der Waals surface area contributed by atoms with E-state index in [-0.39, 0.29) is 24.1 Å². The molecule has 124 valence electrons. The number of piperidine rings is 1. The number of carbonyl (C=O) groups excluding carboxylic acids is 1. The summed E-state index contributed by atoms with van der Waals surface area (Å²) in [4.78, 5) is 28.1. The first-order chi connectivity index (χ1) is 11.1. The van der Waals surface area contributed by atoms with Gasteiger partial charge in [-0.15, -0.1) is 5.06 Å². The topological polar surface area (TPSA) is 76.1 Å². The lowest BCUT2D eigenvalue weighted by atomic mass is 9.82. The normalized spacial score (nSPS) is 25.6. The van der Waals surface area contributed by atoms with Gasteiger partial charge in [-0.2, -0.15) is 0 Å². The quantitative estimate of drug-likeness (QED) is 0.896. The fraction of sp³-hybridized carbons (Fsp3) is 0.529. The maximum Gasteiger partial charge on any atom is 0.357 e. The highest BCUT2D eigenvalue weighted by atomic mass is 16.7. The number of ether oxygens (including phenoxy) is 1. The highest BCUT2D eigenvalue weighted by molar-refractivity contribution is 5.89.